The van der Waals surface area contributed by atoms with Gasteiger partial charge < -0.3 is 10.5 Å². The average molecular weight is 307 g/mol. The molecule has 1 aromatic rings. The van der Waals surface area contributed by atoms with Crippen molar-refractivity contribution in [3.63, 3.8) is 0 Å². The van der Waals surface area contributed by atoms with Gasteiger partial charge in [-0.25, -0.2) is 0 Å². The first-order valence-corrected chi connectivity index (χ1v) is 7.85. The number of rotatable bonds is 7. The highest BCUT2D eigenvalue weighted by Crippen LogP contribution is 2.37. The number of benzene rings is 1. The van der Waals surface area contributed by atoms with E-state index in [4.69, 9.17) is 10.5 Å². The molecule has 0 radical (unpaired) electrons. The second-order valence-electron chi connectivity index (χ2n) is 4.54. The summed E-state index contributed by atoms with van der Waals surface area (Å²) in [6.07, 6.45) is -1.37. The summed E-state index contributed by atoms with van der Waals surface area (Å²) in [5, 5.41) is 0. The first-order valence-electron chi connectivity index (χ1n) is 6.46. The summed E-state index contributed by atoms with van der Waals surface area (Å²) in [4.78, 5) is 0. The molecule has 2 nitrogen and oxygen atoms in total. The SMILES string of the molecule is CCC(N)Cc1ccc(OCCSC)c(C(F)(F)F)c1. The van der Waals surface area contributed by atoms with Crippen molar-refractivity contribution >= 4 is 11.8 Å². The summed E-state index contributed by atoms with van der Waals surface area (Å²) >= 11 is 1.53. The van der Waals surface area contributed by atoms with E-state index in [1.54, 1.807) is 6.07 Å². The van der Waals surface area contributed by atoms with Gasteiger partial charge in [0.1, 0.15) is 5.75 Å². The molecular formula is C14H20F3NOS. The number of hydrogen-bond acceptors (Lipinski definition) is 3. The molecule has 0 saturated heterocycles. The Bertz CT molecular complexity index is 423. The van der Waals surface area contributed by atoms with Crippen molar-refractivity contribution in [3.8, 4) is 5.75 Å². The Hall–Kier alpha value is -0.880. The van der Waals surface area contributed by atoms with Crippen LogP contribution in [0.5, 0.6) is 5.75 Å². The summed E-state index contributed by atoms with van der Waals surface area (Å²) in [7, 11) is 0. The summed E-state index contributed by atoms with van der Waals surface area (Å²) < 4.78 is 44.3. The smallest absolute Gasteiger partial charge is 0.419 e. The predicted molar refractivity (Wildman–Crippen MR) is 77.3 cm³/mol. The second-order valence-corrected chi connectivity index (χ2v) is 5.53. The van der Waals surface area contributed by atoms with Crippen LogP contribution in [-0.4, -0.2) is 24.7 Å². The standard InChI is InChI=1S/C14H20F3NOS/c1-3-11(18)8-10-4-5-13(19-6-7-20-2)12(9-10)14(15,16)17/h4-5,9,11H,3,6-8,18H2,1-2H3. The van der Waals surface area contributed by atoms with Crippen molar-refractivity contribution < 1.29 is 17.9 Å². The molecule has 1 rings (SSSR count). The van der Waals surface area contributed by atoms with Crippen LogP contribution in [0.4, 0.5) is 13.2 Å². The highest BCUT2D eigenvalue weighted by molar-refractivity contribution is 7.98. The molecule has 1 unspecified atom stereocenters. The predicted octanol–water partition coefficient (Wildman–Crippen LogP) is 3.73. The van der Waals surface area contributed by atoms with Gasteiger partial charge in [0.05, 0.1) is 12.2 Å². The van der Waals surface area contributed by atoms with Gasteiger partial charge in [0, 0.05) is 11.8 Å². The first-order chi connectivity index (χ1) is 9.38. The maximum Gasteiger partial charge on any atom is 0.419 e. The van der Waals surface area contributed by atoms with E-state index in [0.717, 1.165) is 12.5 Å². The topological polar surface area (TPSA) is 35.2 Å². The molecule has 0 aromatic heterocycles. The van der Waals surface area contributed by atoms with Crippen LogP contribution in [0.15, 0.2) is 18.2 Å². The molecule has 1 aromatic carbocycles. The van der Waals surface area contributed by atoms with Gasteiger partial charge in [0.25, 0.3) is 0 Å². The molecule has 114 valence electrons. The van der Waals surface area contributed by atoms with E-state index in [2.05, 4.69) is 0 Å². The fraction of sp³-hybridized carbons (Fsp3) is 0.571. The molecule has 1 atom stereocenters. The van der Waals surface area contributed by atoms with Crippen molar-refractivity contribution in [1.82, 2.24) is 0 Å². The lowest BCUT2D eigenvalue weighted by Gasteiger charge is -2.16. The Balaban J connectivity index is 2.95. The second kappa shape index (κ2) is 7.78. The summed E-state index contributed by atoms with van der Waals surface area (Å²) in [5.74, 6) is 0.542. The molecule has 20 heavy (non-hydrogen) atoms. The summed E-state index contributed by atoms with van der Waals surface area (Å²) in [6.45, 7) is 2.17. The van der Waals surface area contributed by atoms with E-state index in [0.29, 0.717) is 17.7 Å². The van der Waals surface area contributed by atoms with Crippen LogP contribution in [0.3, 0.4) is 0 Å². The highest BCUT2D eigenvalue weighted by Gasteiger charge is 2.34. The normalized spacial score (nSPS) is 13.3. The Kier molecular flexibility index (Phi) is 6.68. The van der Waals surface area contributed by atoms with E-state index >= 15 is 0 Å². The fourth-order valence-corrected chi connectivity index (χ4v) is 1.98. The zero-order valence-corrected chi connectivity index (χ0v) is 12.5. The molecule has 0 spiro atoms. The van der Waals surface area contributed by atoms with E-state index in [-0.39, 0.29) is 18.4 Å². The monoisotopic (exact) mass is 307 g/mol. The minimum atomic E-state index is -4.42. The number of thioether (sulfide) groups is 1. The molecule has 0 bridgehead atoms. The van der Waals surface area contributed by atoms with Gasteiger partial charge in [-0.2, -0.15) is 24.9 Å². The van der Waals surface area contributed by atoms with Gasteiger partial charge in [0.2, 0.25) is 0 Å². The van der Waals surface area contributed by atoms with Crippen molar-refractivity contribution in [2.45, 2.75) is 32.0 Å². The van der Waals surface area contributed by atoms with Crippen molar-refractivity contribution in [2.75, 3.05) is 18.6 Å². The molecule has 0 heterocycles. The molecular weight excluding hydrogens is 287 g/mol. The molecule has 0 aliphatic rings. The molecule has 2 N–H and O–H groups in total. The zero-order chi connectivity index (χ0) is 15.2. The zero-order valence-electron chi connectivity index (χ0n) is 11.7. The van der Waals surface area contributed by atoms with Crippen LogP contribution in [0.2, 0.25) is 0 Å². The maximum atomic E-state index is 13.0. The average Bonchev–Trinajstić information content (AvgIpc) is 2.39. The van der Waals surface area contributed by atoms with Gasteiger partial charge in [-0.3, -0.25) is 0 Å². The molecule has 0 amide bonds. The summed E-state index contributed by atoms with van der Waals surface area (Å²) in [5.41, 5.74) is 5.65. The van der Waals surface area contributed by atoms with Gasteiger partial charge in [-0.1, -0.05) is 13.0 Å². The maximum absolute atomic E-state index is 13.0. The summed E-state index contributed by atoms with van der Waals surface area (Å²) in [6, 6.07) is 4.06. The van der Waals surface area contributed by atoms with Crippen LogP contribution in [0, 0.1) is 0 Å². The Morgan fingerprint density at radius 1 is 1.35 bits per heavy atom. The van der Waals surface area contributed by atoms with E-state index < -0.39 is 11.7 Å². The number of ether oxygens (including phenoxy) is 1. The Labute approximate surface area is 121 Å². The lowest BCUT2D eigenvalue weighted by molar-refractivity contribution is -0.138. The lowest BCUT2D eigenvalue weighted by Crippen LogP contribution is -2.21. The molecule has 0 aliphatic heterocycles. The number of halogens is 3. The van der Waals surface area contributed by atoms with Crippen molar-refractivity contribution in [3.05, 3.63) is 29.3 Å². The van der Waals surface area contributed by atoms with Crippen LogP contribution < -0.4 is 10.5 Å². The van der Waals surface area contributed by atoms with Gasteiger partial charge in [-0.05, 0) is 36.8 Å². The molecule has 6 heteroatoms. The molecule has 0 fully saturated rings. The van der Waals surface area contributed by atoms with E-state index in [1.165, 1.54) is 17.8 Å². The lowest BCUT2D eigenvalue weighted by atomic mass is 10.0. The number of nitrogens with two attached hydrogens (primary N) is 1. The van der Waals surface area contributed by atoms with Crippen molar-refractivity contribution in [2.24, 2.45) is 5.73 Å². The van der Waals surface area contributed by atoms with E-state index in [1.807, 2.05) is 13.2 Å². The number of hydrogen-bond donors (Lipinski definition) is 1. The molecule has 0 aliphatic carbocycles. The van der Waals surface area contributed by atoms with Crippen LogP contribution >= 0.6 is 11.8 Å². The highest BCUT2D eigenvalue weighted by atomic mass is 32.2. The molecule has 0 saturated carbocycles. The third kappa shape index (κ3) is 5.25. The Morgan fingerprint density at radius 2 is 2.05 bits per heavy atom. The van der Waals surface area contributed by atoms with Gasteiger partial charge >= 0.3 is 6.18 Å². The van der Waals surface area contributed by atoms with Gasteiger partial charge in [-0.15, -0.1) is 0 Å². The largest absolute Gasteiger partial charge is 0.492 e. The van der Waals surface area contributed by atoms with Crippen LogP contribution in [0.1, 0.15) is 24.5 Å². The minimum Gasteiger partial charge on any atom is -0.492 e. The van der Waals surface area contributed by atoms with Crippen molar-refractivity contribution in [1.29, 1.82) is 0 Å². The minimum absolute atomic E-state index is 0.111. The number of alkyl halides is 3. The quantitative estimate of drug-likeness (QED) is 0.780. The van der Waals surface area contributed by atoms with Crippen LogP contribution in [0.25, 0.3) is 0 Å². The third-order valence-electron chi connectivity index (χ3n) is 2.92. The van der Waals surface area contributed by atoms with Gasteiger partial charge in [0.15, 0.2) is 0 Å². The third-order valence-corrected chi connectivity index (χ3v) is 3.49. The van der Waals surface area contributed by atoms with Crippen LogP contribution in [-0.2, 0) is 12.6 Å². The first kappa shape index (κ1) is 17.2. The van der Waals surface area contributed by atoms with E-state index in [9.17, 15) is 13.2 Å². The Morgan fingerprint density at radius 3 is 2.60 bits per heavy atom. The fourth-order valence-electron chi connectivity index (χ4n) is 1.73.